The topological polar surface area (TPSA) is 53.6 Å². The number of rotatable bonds is 4. The number of ether oxygens (including phenoxy) is 1. The lowest BCUT2D eigenvalue weighted by Gasteiger charge is -2.27. The van der Waals surface area contributed by atoms with Crippen molar-refractivity contribution in [1.82, 2.24) is 15.5 Å². The molecule has 2 atom stereocenters. The Hall–Kier alpha value is -0.650. The normalized spacial score (nSPS) is 30.4. The van der Waals surface area contributed by atoms with E-state index in [1.54, 1.807) is 0 Å². The summed E-state index contributed by atoms with van der Waals surface area (Å²) in [6, 6.07) is 0. The van der Waals surface area contributed by atoms with Gasteiger partial charge in [-0.1, -0.05) is 0 Å². The monoisotopic (exact) mass is 241 g/mol. The molecule has 2 aliphatic heterocycles. The third-order valence-electron chi connectivity index (χ3n) is 3.65. The van der Waals surface area contributed by atoms with E-state index in [2.05, 4.69) is 15.5 Å². The molecule has 17 heavy (non-hydrogen) atoms. The fraction of sp³-hybridized carbons (Fsp3) is 0.917. The number of nitrogens with one attached hydrogen (secondary N) is 2. The molecule has 1 amide bonds. The van der Waals surface area contributed by atoms with Gasteiger partial charge in [-0.05, 0) is 13.3 Å². The third-order valence-corrected chi connectivity index (χ3v) is 3.65. The van der Waals surface area contributed by atoms with Crippen molar-refractivity contribution >= 4 is 5.91 Å². The largest absolute Gasteiger partial charge is 0.378 e. The standard InChI is InChI=1S/C12H23N3O2/c1-10-11(2-9-17-10)12(16)14-5-8-15-6-3-13-4-7-15/h10-11,13H,2-9H2,1H3,(H,14,16). The Balaban J connectivity index is 1.62. The van der Waals surface area contributed by atoms with Gasteiger partial charge in [-0.25, -0.2) is 0 Å². The molecule has 0 radical (unpaired) electrons. The highest BCUT2D eigenvalue weighted by Gasteiger charge is 2.30. The first-order chi connectivity index (χ1) is 8.27. The molecular formula is C12H23N3O2. The summed E-state index contributed by atoms with van der Waals surface area (Å²) in [5.41, 5.74) is 0. The van der Waals surface area contributed by atoms with E-state index in [1.807, 2.05) is 6.92 Å². The lowest BCUT2D eigenvalue weighted by atomic mass is 10.0. The molecule has 0 aromatic rings. The van der Waals surface area contributed by atoms with Crippen molar-refractivity contribution in [3.05, 3.63) is 0 Å². The summed E-state index contributed by atoms with van der Waals surface area (Å²) in [5.74, 6) is 0.211. The molecule has 0 spiro atoms. The second-order valence-electron chi connectivity index (χ2n) is 4.85. The molecule has 5 heteroatoms. The van der Waals surface area contributed by atoms with E-state index >= 15 is 0 Å². The molecule has 5 nitrogen and oxygen atoms in total. The predicted molar refractivity (Wildman–Crippen MR) is 65.8 cm³/mol. The van der Waals surface area contributed by atoms with Crippen LogP contribution in [0, 0.1) is 5.92 Å². The van der Waals surface area contributed by atoms with Gasteiger partial charge in [-0.3, -0.25) is 9.69 Å². The Kier molecular flexibility index (Phi) is 4.76. The minimum absolute atomic E-state index is 0.0537. The quantitative estimate of drug-likeness (QED) is 0.692. The fourth-order valence-corrected chi connectivity index (χ4v) is 2.48. The molecule has 0 aliphatic carbocycles. The minimum Gasteiger partial charge on any atom is -0.378 e. The maximum Gasteiger partial charge on any atom is 0.225 e. The molecule has 98 valence electrons. The third kappa shape index (κ3) is 3.66. The number of carbonyl (C=O) groups excluding carboxylic acids is 1. The number of hydrogen-bond acceptors (Lipinski definition) is 4. The van der Waals surface area contributed by atoms with Crippen molar-refractivity contribution < 1.29 is 9.53 Å². The van der Waals surface area contributed by atoms with Gasteiger partial charge in [-0.15, -0.1) is 0 Å². The van der Waals surface area contributed by atoms with Gasteiger partial charge in [0.15, 0.2) is 0 Å². The van der Waals surface area contributed by atoms with Crippen molar-refractivity contribution in [3.63, 3.8) is 0 Å². The molecule has 0 saturated carbocycles. The molecule has 2 fully saturated rings. The summed E-state index contributed by atoms with van der Waals surface area (Å²) in [5, 5.41) is 6.34. The fourth-order valence-electron chi connectivity index (χ4n) is 2.48. The van der Waals surface area contributed by atoms with Crippen LogP contribution in [-0.4, -0.2) is 62.8 Å². The Morgan fingerprint density at radius 3 is 2.88 bits per heavy atom. The second kappa shape index (κ2) is 6.33. The van der Waals surface area contributed by atoms with E-state index < -0.39 is 0 Å². The molecule has 2 unspecified atom stereocenters. The predicted octanol–water partition coefficient (Wildman–Crippen LogP) is -0.567. The van der Waals surface area contributed by atoms with Gasteiger partial charge in [0.25, 0.3) is 0 Å². The van der Waals surface area contributed by atoms with Crippen LogP contribution in [0.5, 0.6) is 0 Å². The Labute approximate surface area is 103 Å². The van der Waals surface area contributed by atoms with Crippen molar-refractivity contribution in [2.45, 2.75) is 19.4 Å². The molecule has 2 saturated heterocycles. The maximum atomic E-state index is 11.9. The molecule has 0 aromatic heterocycles. The van der Waals surface area contributed by atoms with Crippen LogP contribution in [0.3, 0.4) is 0 Å². The molecule has 2 aliphatic rings. The van der Waals surface area contributed by atoms with Crippen LogP contribution in [0.4, 0.5) is 0 Å². The molecule has 2 rings (SSSR count). The van der Waals surface area contributed by atoms with E-state index in [-0.39, 0.29) is 17.9 Å². The van der Waals surface area contributed by atoms with Crippen LogP contribution in [-0.2, 0) is 9.53 Å². The van der Waals surface area contributed by atoms with E-state index in [1.165, 1.54) is 0 Å². The summed E-state index contributed by atoms with van der Waals surface area (Å²) in [4.78, 5) is 14.3. The van der Waals surface area contributed by atoms with E-state index in [9.17, 15) is 4.79 Å². The Morgan fingerprint density at radius 2 is 2.24 bits per heavy atom. The van der Waals surface area contributed by atoms with Crippen molar-refractivity contribution in [2.75, 3.05) is 45.9 Å². The highest BCUT2D eigenvalue weighted by Crippen LogP contribution is 2.20. The van der Waals surface area contributed by atoms with Gasteiger partial charge in [0.2, 0.25) is 5.91 Å². The average molecular weight is 241 g/mol. The highest BCUT2D eigenvalue weighted by atomic mass is 16.5. The van der Waals surface area contributed by atoms with Crippen molar-refractivity contribution in [1.29, 1.82) is 0 Å². The smallest absolute Gasteiger partial charge is 0.225 e. The molecule has 0 aromatic carbocycles. The number of nitrogens with zero attached hydrogens (tertiary/aromatic N) is 1. The van der Waals surface area contributed by atoms with Crippen LogP contribution in [0.2, 0.25) is 0 Å². The molecule has 2 N–H and O–H groups in total. The van der Waals surface area contributed by atoms with Crippen molar-refractivity contribution in [2.24, 2.45) is 5.92 Å². The van der Waals surface area contributed by atoms with Crippen LogP contribution < -0.4 is 10.6 Å². The highest BCUT2D eigenvalue weighted by molar-refractivity contribution is 5.79. The summed E-state index contributed by atoms with van der Waals surface area (Å²) in [6.07, 6.45) is 0.940. The van der Waals surface area contributed by atoms with E-state index in [0.717, 1.165) is 52.3 Å². The Bertz CT molecular complexity index is 254. The first-order valence-electron chi connectivity index (χ1n) is 6.60. The van der Waals surface area contributed by atoms with Crippen LogP contribution in [0.25, 0.3) is 0 Å². The average Bonchev–Trinajstić information content (AvgIpc) is 2.77. The summed E-state index contributed by atoms with van der Waals surface area (Å²) >= 11 is 0. The lowest BCUT2D eigenvalue weighted by Crippen LogP contribution is -2.47. The SMILES string of the molecule is CC1OCCC1C(=O)NCCN1CCNCC1. The first-order valence-corrected chi connectivity index (χ1v) is 6.60. The second-order valence-corrected chi connectivity index (χ2v) is 4.85. The number of amides is 1. The minimum atomic E-state index is 0.0537. The van der Waals surface area contributed by atoms with Gasteiger partial charge >= 0.3 is 0 Å². The van der Waals surface area contributed by atoms with E-state index in [0.29, 0.717) is 0 Å². The van der Waals surface area contributed by atoms with E-state index in [4.69, 9.17) is 4.74 Å². The lowest BCUT2D eigenvalue weighted by molar-refractivity contribution is -0.126. The summed E-state index contributed by atoms with van der Waals surface area (Å²) in [6.45, 7) is 8.68. The molecule has 2 heterocycles. The van der Waals surface area contributed by atoms with Gasteiger partial charge < -0.3 is 15.4 Å². The van der Waals surface area contributed by atoms with Gasteiger partial charge in [-0.2, -0.15) is 0 Å². The van der Waals surface area contributed by atoms with Crippen LogP contribution >= 0.6 is 0 Å². The zero-order chi connectivity index (χ0) is 12.1. The van der Waals surface area contributed by atoms with Gasteiger partial charge in [0.1, 0.15) is 0 Å². The molecule has 0 bridgehead atoms. The Morgan fingerprint density at radius 1 is 1.47 bits per heavy atom. The molecular weight excluding hydrogens is 218 g/mol. The number of piperazine rings is 1. The first kappa shape index (κ1) is 12.8. The van der Waals surface area contributed by atoms with Gasteiger partial charge in [0, 0.05) is 45.9 Å². The summed E-state index contributed by atoms with van der Waals surface area (Å²) < 4.78 is 5.40. The van der Waals surface area contributed by atoms with Crippen LogP contribution in [0.15, 0.2) is 0 Å². The van der Waals surface area contributed by atoms with Crippen LogP contribution in [0.1, 0.15) is 13.3 Å². The number of carbonyl (C=O) groups is 1. The maximum absolute atomic E-state index is 11.9. The van der Waals surface area contributed by atoms with Gasteiger partial charge in [0.05, 0.1) is 12.0 Å². The van der Waals surface area contributed by atoms with Crippen molar-refractivity contribution in [3.8, 4) is 0 Å². The number of hydrogen-bond donors (Lipinski definition) is 2. The summed E-state index contributed by atoms with van der Waals surface area (Å²) in [7, 11) is 0. The zero-order valence-electron chi connectivity index (χ0n) is 10.6. The zero-order valence-corrected chi connectivity index (χ0v) is 10.6.